The van der Waals surface area contributed by atoms with Crippen LogP contribution in [0.5, 0.6) is 5.75 Å². The molecule has 0 aromatic heterocycles. The Morgan fingerprint density at radius 2 is 1.71 bits per heavy atom. The third-order valence-corrected chi connectivity index (χ3v) is 4.60. The fourth-order valence-electron chi connectivity index (χ4n) is 3.08. The maximum Gasteiger partial charge on any atom is 0.253 e. The smallest absolute Gasteiger partial charge is 0.253 e. The molecule has 0 atom stereocenters. The first-order valence-corrected chi connectivity index (χ1v) is 10.2. The molecule has 3 rings (SSSR count). The van der Waals surface area contributed by atoms with Gasteiger partial charge in [-0.25, -0.2) is 0 Å². The summed E-state index contributed by atoms with van der Waals surface area (Å²) in [6.07, 6.45) is 3.19. The van der Waals surface area contributed by atoms with Crippen molar-refractivity contribution in [3.05, 3.63) is 102 Å². The van der Waals surface area contributed by atoms with E-state index in [4.69, 9.17) is 4.74 Å². The van der Waals surface area contributed by atoms with Gasteiger partial charge in [-0.05, 0) is 54.5 Å². The summed E-state index contributed by atoms with van der Waals surface area (Å²) in [5.41, 5.74) is 3.04. The van der Waals surface area contributed by atoms with Gasteiger partial charge in [-0.15, -0.1) is 0 Å². The molecule has 0 unspecified atom stereocenters. The van der Waals surface area contributed by atoms with Crippen molar-refractivity contribution >= 4 is 23.6 Å². The monoisotopic (exact) mass is 414 g/mol. The average Bonchev–Trinajstić information content (AvgIpc) is 2.79. The molecule has 0 bridgehead atoms. The molecule has 31 heavy (non-hydrogen) atoms. The topological polar surface area (TPSA) is 58.6 Å². The number of benzene rings is 3. The molecule has 0 aliphatic carbocycles. The van der Waals surface area contributed by atoms with E-state index in [1.165, 1.54) is 6.08 Å². The second kappa shape index (κ2) is 10.8. The van der Waals surface area contributed by atoms with E-state index in [-0.39, 0.29) is 11.8 Å². The van der Waals surface area contributed by atoms with Crippen LogP contribution in [0.3, 0.4) is 0 Å². The quantitative estimate of drug-likeness (QED) is 0.527. The molecule has 0 aliphatic rings. The molecule has 0 spiro atoms. The number of hydrogen-bond donors (Lipinski definition) is 1. The van der Waals surface area contributed by atoms with E-state index in [0.717, 1.165) is 16.9 Å². The summed E-state index contributed by atoms with van der Waals surface area (Å²) in [6.45, 7) is 3.06. The lowest BCUT2D eigenvalue weighted by Crippen LogP contribution is -2.26. The highest BCUT2D eigenvalue weighted by molar-refractivity contribution is 6.03. The summed E-state index contributed by atoms with van der Waals surface area (Å²) in [5.74, 6) is 0.420. The zero-order valence-corrected chi connectivity index (χ0v) is 17.7. The van der Waals surface area contributed by atoms with Gasteiger partial charge in [-0.1, -0.05) is 48.5 Å². The summed E-state index contributed by atoms with van der Waals surface area (Å²) in [7, 11) is 1.76. The Morgan fingerprint density at radius 1 is 0.968 bits per heavy atom. The number of carbonyl (C=O) groups excluding carboxylic acids is 2. The Balaban J connectivity index is 1.60. The van der Waals surface area contributed by atoms with Crippen molar-refractivity contribution in [1.29, 1.82) is 0 Å². The van der Waals surface area contributed by atoms with Gasteiger partial charge in [0, 0.05) is 30.9 Å². The molecule has 0 saturated heterocycles. The van der Waals surface area contributed by atoms with Crippen molar-refractivity contribution in [2.45, 2.75) is 13.5 Å². The van der Waals surface area contributed by atoms with Gasteiger partial charge in [-0.2, -0.15) is 0 Å². The molecule has 0 aliphatic heterocycles. The zero-order valence-electron chi connectivity index (χ0n) is 17.7. The Morgan fingerprint density at radius 3 is 2.42 bits per heavy atom. The van der Waals surface area contributed by atoms with Gasteiger partial charge in [0.1, 0.15) is 5.75 Å². The minimum atomic E-state index is -0.267. The predicted molar refractivity (Wildman–Crippen MR) is 124 cm³/mol. The third-order valence-electron chi connectivity index (χ3n) is 4.60. The van der Waals surface area contributed by atoms with E-state index in [9.17, 15) is 9.59 Å². The molecule has 3 aromatic rings. The summed E-state index contributed by atoms with van der Waals surface area (Å²) in [4.78, 5) is 26.7. The summed E-state index contributed by atoms with van der Waals surface area (Å²) >= 11 is 0. The van der Waals surface area contributed by atoms with Crippen LogP contribution in [-0.2, 0) is 11.3 Å². The van der Waals surface area contributed by atoms with Crippen molar-refractivity contribution in [1.82, 2.24) is 4.90 Å². The molecule has 1 N–H and O–H groups in total. The first kappa shape index (κ1) is 21.8. The highest BCUT2D eigenvalue weighted by atomic mass is 16.5. The lowest BCUT2D eigenvalue weighted by atomic mass is 10.1. The van der Waals surface area contributed by atoms with Crippen LogP contribution in [0.25, 0.3) is 6.08 Å². The standard InChI is InChI=1S/C26H26N2O3/c1-3-31-24-15-12-20(13-16-24)14-17-25(29)27-23-11-7-10-22(18-23)26(30)28(2)19-21-8-5-4-6-9-21/h4-18H,3,19H2,1-2H3,(H,27,29)/b17-14+. The van der Waals surface area contributed by atoms with Crippen LogP contribution in [-0.4, -0.2) is 30.4 Å². The van der Waals surface area contributed by atoms with E-state index >= 15 is 0 Å². The molecule has 0 heterocycles. The van der Waals surface area contributed by atoms with Gasteiger partial charge in [0.25, 0.3) is 5.91 Å². The number of carbonyl (C=O) groups is 2. The van der Waals surface area contributed by atoms with Crippen molar-refractivity contribution in [2.24, 2.45) is 0 Å². The number of rotatable bonds is 8. The maximum absolute atomic E-state index is 12.8. The average molecular weight is 415 g/mol. The van der Waals surface area contributed by atoms with Crippen LogP contribution in [0.15, 0.2) is 84.9 Å². The van der Waals surface area contributed by atoms with Crippen LogP contribution in [0.4, 0.5) is 5.69 Å². The number of hydrogen-bond acceptors (Lipinski definition) is 3. The molecule has 158 valence electrons. The Labute approximate surface area is 183 Å². The minimum Gasteiger partial charge on any atom is -0.494 e. The van der Waals surface area contributed by atoms with Gasteiger partial charge in [0.05, 0.1) is 6.61 Å². The SMILES string of the molecule is CCOc1ccc(/C=C/C(=O)Nc2cccc(C(=O)N(C)Cc3ccccc3)c2)cc1. The van der Waals surface area contributed by atoms with Crippen LogP contribution < -0.4 is 10.1 Å². The normalized spacial score (nSPS) is 10.6. The van der Waals surface area contributed by atoms with Crippen molar-refractivity contribution < 1.29 is 14.3 Å². The second-order valence-corrected chi connectivity index (χ2v) is 7.05. The Hall–Kier alpha value is -3.86. The van der Waals surface area contributed by atoms with Gasteiger partial charge in [0.15, 0.2) is 0 Å². The van der Waals surface area contributed by atoms with Gasteiger partial charge in [-0.3, -0.25) is 9.59 Å². The molecule has 0 saturated carbocycles. The van der Waals surface area contributed by atoms with E-state index in [2.05, 4.69) is 5.32 Å². The summed E-state index contributed by atoms with van der Waals surface area (Å²) in [5, 5.41) is 2.81. The highest BCUT2D eigenvalue weighted by Gasteiger charge is 2.13. The molecule has 2 amide bonds. The van der Waals surface area contributed by atoms with Gasteiger partial charge < -0.3 is 15.0 Å². The van der Waals surface area contributed by atoms with Crippen LogP contribution in [0.1, 0.15) is 28.4 Å². The fraction of sp³-hybridized carbons (Fsp3) is 0.154. The Bertz CT molecular complexity index is 1040. The molecule has 5 nitrogen and oxygen atoms in total. The molecular formula is C26H26N2O3. The van der Waals surface area contributed by atoms with E-state index < -0.39 is 0 Å². The third kappa shape index (κ3) is 6.57. The lowest BCUT2D eigenvalue weighted by molar-refractivity contribution is -0.111. The van der Waals surface area contributed by atoms with Crippen molar-refractivity contribution in [3.8, 4) is 5.75 Å². The number of nitrogens with zero attached hydrogens (tertiary/aromatic N) is 1. The van der Waals surface area contributed by atoms with Crippen LogP contribution in [0.2, 0.25) is 0 Å². The van der Waals surface area contributed by atoms with Gasteiger partial charge in [0.2, 0.25) is 5.91 Å². The molecule has 5 heteroatoms. The molecule has 3 aromatic carbocycles. The van der Waals surface area contributed by atoms with Crippen molar-refractivity contribution in [2.75, 3.05) is 19.0 Å². The van der Waals surface area contributed by atoms with Crippen LogP contribution in [0, 0.1) is 0 Å². The summed E-state index contributed by atoms with van der Waals surface area (Å²) < 4.78 is 5.41. The minimum absolute atomic E-state index is 0.107. The lowest BCUT2D eigenvalue weighted by Gasteiger charge is -2.17. The molecular weight excluding hydrogens is 388 g/mol. The molecule has 0 fully saturated rings. The van der Waals surface area contributed by atoms with Gasteiger partial charge >= 0.3 is 0 Å². The van der Waals surface area contributed by atoms with E-state index in [1.807, 2.05) is 61.5 Å². The molecule has 0 radical (unpaired) electrons. The zero-order chi connectivity index (χ0) is 22.1. The largest absolute Gasteiger partial charge is 0.494 e. The van der Waals surface area contributed by atoms with E-state index in [1.54, 1.807) is 42.3 Å². The van der Waals surface area contributed by atoms with Crippen molar-refractivity contribution in [3.63, 3.8) is 0 Å². The summed E-state index contributed by atoms with van der Waals surface area (Å²) in [6, 6.07) is 24.3. The number of nitrogens with one attached hydrogen (secondary N) is 1. The number of anilines is 1. The number of amides is 2. The van der Waals surface area contributed by atoms with Crippen LogP contribution >= 0.6 is 0 Å². The van der Waals surface area contributed by atoms with E-state index in [0.29, 0.717) is 24.4 Å². The first-order valence-electron chi connectivity index (χ1n) is 10.2. The fourth-order valence-corrected chi connectivity index (χ4v) is 3.08. The highest BCUT2D eigenvalue weighted by Crippen LogP contribution is 2.15. The Kier molecular flexibility index (Phi) is 7.60. The predicted octanol–water partition coefficient (Wildman–Crippen LogP) is 5.01. The first-order chi connectivity index (χ1) is 15.0. The maximum atomic E-state index is 12.8. The second-order valence-electron chi connectivity index (χ2n) is 7.05. The number of ether oxygens (including phenoxy) is 1.